The number of nitrogens with two attached hydrogens (primary N) is 1. The minimum absolute atomic E-state index is 0.0348. The fourth-order valence-electron chi connectivity index (χ4n) is 2.43. The minimum Gasteiger partial charge on any atom is -0.350 e. The Bertz CT molecular complexity index is 1040. The van der Waals surface area contributed by atoms with Gasteiger partial charge in [0, 0.05) is 32.3 Å². The van der Waals surface area contributed by atoms with Crippen molar-refractivity contribution >= 4 is 24.0 Å². The summed E-state index contributed by atoms with van der Waals surface area (Å²) in [4.78, 5) is 20.4. The molecular formula is C26H34F6N4O2. The Balaban J connectivity index is 0. The summed E-state index contributed by atoms with van der Waals surface area (Å²) in [5.41, 5.74) is 5.58. The molecular weight excluding hydrogens is 514 g/mol. The van der Waals surface area contributed by atoms with E-state index in [-0.39, 0.29) is 11.1 Å². The van der Waals surface area contributed by atoms with Gasteiger partial charge in [0.2, 0.25) is 0 Å². The van der Waals surface area contributed by atoms with Crippen molar-refractivity contribution < 1.29 is 35.9 Å². The fourth-order valence-corrected chi connectivity index (χ4v) is 2.43. The number of benzene rings is 2. The highest BCUT2D eigenvalue weighted by Gasteiger charge is 2.27. The number of halogens is 6. The van der Waals surface area contributed by atoms with Crippen molar-refractivity contribution in [2.75, 3.05) is 34.5 Å². The molecule has 212 valence electrons. The third-order valence-corrected chi connectivity index (χ3v) is 4.22. The van der Waals surface area contributed by atoms with Crippen LogP contribution in [0.15, 0.2) is 65.6 Å². The lowest BCUT2D eigenvalue weighted by atomic mass is 10.1. The van der Waals surface area contributed by atoms with Gasteiger partial charge in [0.1, 0.15) is 19.2 Å². The first-order valence-corrected chi connectivity index (χ1v) is 10.9. The third-order valence-electron chi connectivity index (χ3n) is 4.22. The van der Waals surface area contributed by atoms with Gasteiger partial charge in [-0.15, -0.1) is 13.2 Å². The second kappa shape index (κ2) is 17.9. The number of ether oxygens (including phenoxy) is 1. The molecule has 1 amide bonds. The number of carbonyl (C=O) groups excluding carboxylic acids is 1. The molecule has 0 heterocycles. The van der Waals surface area contributed by atoms with Crippen molar-refractivity contribution in [3.8, 4) is 0 Å². The molecule has 6 nitrogen and oxygen atoms in total. The standard InChI is InChI=1S/C14H16F4N2O2.C9H9F2N.C2H4.CH5N/c1-9(19-8-22-7-14(16,17)18)10-4-5-12(15)11(6-10)13(21)20(2)3;1-9(10,11)7-4-3-5-8(6-7)12-2;2*1-2/h4-6H,7-8H2,1-3H3;3-6H,2H2,1H3;1-2H2;2H2,1H3/b19-9+;;;. The maximum atomic E-state index is 13.6. The first kappa shape index (κ1) is 36.6. The number of hydrogen-bond acceptors (Lipinski definition) is 5. The van der Waals surface area contributed by atoms with Crippen LogP contribution in [0.1, 0.15) is 35.3 Å². The van der Waals surface area contributed by atoms with Crippen LogP contribution < -0.4 is 5.73 Å². The molecule has 0 aromatic heterocycles. The van der Waals surface area contributed by atoms with E-state index in [0.29, 0.717) is 17.0 Å². The monoisotopic (exact) mass is 548 g/mol. The molecule has 2 rings (SSSR count). The van der Waals surface area contributed by atoms with Crippen molar-refractivity contribution in [3.05, 3.63) is 78.1 Å². The third kappa shape index (κ3) is 14.3. The molecule has 0 radical (unpaired) electrons. The zero-order chi connectivity index (χ0) is 30.1. The maximum absolute atomic E-state index is 13.6. The predicted molar refractivity (Wildman–Crippen MR) is 140 cm³/mol. The van der Waals surface area contributed by atoms with Crippen molar-refractivity contribution in [2.45, 2.75) is 25.9 Å². The van der Waals surface area contributed by atoms with E-state index >= 15 is 0 Å². The van der Waals surface area contributed by atoms with Crippen LogP contribution in [0.4, 0.5) is 32.0 Å². The Labute approximate surface area is 219 Å². The molecule has 0 saturated heterocycles. The first-order chi connectivity index (χ1) is 17.7. The highest BCUT2D eigenvalue weighted by molar-refractivity contribution is 6.02. The summed E-state index contributed by atoms with van der Waals surface area (Å²) >= 11 is 0. The van der Waals surface area contributed by atoms with Crippen LogP contribution in [0.25, 0.3) is 0 Å². The molecule has 0 spiro atoms. The van der Waals surface area contributed by atoms with Crippen LogP contribution in [-0.4, -0.2) is 63.9 Å². The van der Waals surface area contributed by atoms with Crippen molar-refractivity contribution in [1.29, 1.82) is 0 Å². The van der Waals surface area contributed by atoms with Gasteiger partial charge in [-0.1, -0.05) is 18.2 Å². The van der Waals surface area contributed by atoms with E-state index in [4.69, 9.17) is 0 Å². The number of amides is 1. The highest BCUT2D eigenvalue weighted by atomic mass is 19.4. The Morgan fingerprint density at radius 3 is 2.11 bits per heavy atom. The lowest BCUT2D eigenvalue weighted by molar-refractivity contribution is -0.173. The van der Waals surface area contributed by atoms with Gasteiger partial charge in [-0.3, -0.25) is 14.8 Å². The molecule has 0 aliphatic carbocycles. The number of nitrogens with zero attached hydrogens (tertiary/aromatic N) is 3. The van der Waals surface area contributed by atoms with Crippen molar-refractivity contribution in [2.24, 2.45) is 15.7 Å². The van der Waals surface area contributed by atoms with Crippen LogP contribution in [0, 0.1) is 5.82 Å². The molecule has 0 aliphatic rings. The Morgan fingerprint density at radius 2 is 1.63 bits per heavy atom. The number of aliphatic imine (C=N–C) groups is 2. The molecule has 2 N–H and O–H groups in total. The number of rotatable bonds is 7. The summed E-state index contributed by atoms with van der Waals surface area (Å²) in [6.45, 7) is 9.79. The van der Waals surface area contributed by atoms with Crippen molar-refractivity contribution in [3.63, 3.8) is 0 Å². The number of alkyl halides is 5. The molecule has 0 atom stereocenters. The molecule has 0 saturated carbocycles. The Hall–Kier alpha value is -3.51. The largest absolute Gasteiger partial charge is 0.411 e. The van der Waals surface area contributed by atoms with Gasteiger partial charge in [0.05, 0.1) is 11.3 Å². The summed E-state index contributed by atoms with van der Waals surface area (Å²) in [6.07, 6.45) is -4.41. The summed E-state index contributed by atoms with van der Waals surface area (Å²) in [6, 6.07) is 9.67. The van der Waals surface area contributed by atoms with Gasteiger partial charge < -0.3 is 15.4 Å². The molecule has 2 aromatic rings. The smallest absolute Gasteiger partial charge is 0.350 e. The number of carbonyl (C=O) groups is 1. The topological polar surface area (TPSA) is 80.3 Å². The summed E-state index contributed by atoms with van der Waals surface area (Å²) in [5.74, 6) is -4.00. The van der Waals surface area contributed by atoms with E-state index in [1.54, 1.807) is 6.07 Å². The molecule has 0 unspecified atom stereocenters. The van der Waals surface area contributed by atoms with Crippen LogP contribution in [0.5, 0.6) is 0 Å². The van der Waals surface area contributed by atoms with E-state index in [0.717, 1.165) is 13.0 Å². The van der Waals surface area contributed by atoms with Gasteiger partial charge in [0.15, 0.2) is 0 Å². The fraction of sp³-hybridized carbons (Fsp3) is 0.346. The zero-order valence-electron chi connectivity index (χ0n) is 22.1. The molecule has 2 aromatic carbocycles. The predicted octanol–water partition coefficient (Wildman–Crippen LogP) is 6.38. The lowest BCUT2D eigenvalue weighted by Gasteiger charge is -2.12. The van der Waals surface area contributed by atoms with Gasteiger partial charge in [-0.25, -0.2) is 13.2 Å². The van der Waals surface area contributed by atoms with Crippen molar-refractivity contribution in [1.82, 2.24) is 4.90 Å². The van der Waals surface area contributed by atoms with Crippen LogP contribution in [0.3, 0.4) is 0 Å². The molecule has 0 bridgehead atoms. The Morgan fingerprint density at radius 1 is 1.05 bits per heavy atom. The second-order valence-corrected chi connectivity index (χ2v) is 7.33. The van der Waals surface area contributed by atoms with Gasteiger partial charge >= 0.3 is 6.18 Å². The van der Waals surface area contributed by atoms with E-state index in [2.05, 4.69) is 40.3 Å². The number of hydrogen-bond donors (Lipinski definition) is 1. The highest BCUT2D eigenvalue weighted by Crippen LogP contribution is 2.29. The minimum atomic E-state index is -4.41. The Kier molecular flexibility index (Phi) is 17.2. The summed E-state index contributed by atoms with van der Waals surface area (Å²) < 4.78 is 79.2. The van der Waals surface area contributed by atoms with Gasteiger partial charge in [0.25, 0.3) is 11.8 Å². The molecule has 0 fully saturated rings. The average molecular weight is 549 g/mol. The quantitative estimate of drug-likeness (QED) is 0.189. The van der Waals surface area contributed by atoms with E-state index < -0.39 is 37.2 Å². The second-order valence-electron chi connectivity index (χ2n) is 7.33. The van der Waals surface area contributed by atoms with Gasteiger partial charge in [-0.05, 0) is 50.5 Å². The first-order valence-electron chi connectivity index (χ1n) is 10.9. The normalized spacial score (nSPS) is 11.0. The maximum Gasteiger partial charge on any atom is 0.411 e. The van der Waals surface area contributed by atoms with Crippen LogP contribution >= 0.6 is 0 Å². The molecule has 12 heteroatoms. The summed E-state index contributed by atoms with van der Waals surface area (Å²) in [7, 11) is 4.47. The lowest BCUT2D eigenvalue weighted by Crippen LogP contribution is -2.23. The van der Waals surface area contributed by atoms with Gasteiger partial charge in [-0.2, -0.15) is 13.2 Å². The van der Waals surface area contributed by atoms with E-state index in [9.17, 15) is 31.1 Å². The molecule has 0 aliphatic heterocycles. The van der Waals surface area contributed by atoms with E-state index in [1.165, 1.54) is 63.3 Å². The SMILES string of the molecule is C/C(=N\COCC(F)(F)F)c1ccc(F)c(C(=O)N(C)C)c1.C=C.C=Nc1cccc(C(C)(F)F)c1.CN. The van der Waals surface area contributed by atoms with E-state index in [1.807, 2.05) is 0 Å². The summed E-state index contributed by atoms with van der Waals surface area (Å²) in [5, 5.41) is 0. The molecule has 38 heavy (non-hydrogen) atoms. The van der Waals surface area contributed by atoms with Crippen LogP contribution in [0.2, 0.25) is 0 Å². The zero-order valence-corrected chi connectivity index (χ0v) is 22.1. The average Bonchev–Trinajstić information content (AvgIpc) is 2.88. The van der Waals surface area contributed by atoms with Crippen LogP contribution in [-0.2, 0) is 10.7 Å².